The van der Waals surface area contributed by atoms with Gasteiger partial charge in [0.25, 0.3) is 0 Å². The summed E-state index contributed by atoms with van der Waals surface area (Å²) in [6.45, 7) is 2.98. The molecular weight excluding hydrogens is 252 g/mol. The Morgan fingerprint density at radius 3 is 2.79 bits per heavy atom. The minimum Gasteiger partial charge on any atom is -0.380 e. The van der Waals surface area contributed by atoms with Gasteiger partial charge in [0, 0.05) is 22.1 Å². The van der Waals surface area contributed by atoms with E-state index in [-0.39, 0.29) is 0 Å². The summed E-state index contributed by atoms with van der Waals surface area (Å²) in [7, 11) is 0. The Morgan fingerprint density at radius 2 is 1.95 bits per heavy atom. The summed E-state index contributed by atoms with van der Waals surface area (Å²) >= 11 is 1.78. The monoisotopic (exact) mass is 268 g/mol. The van der Waals surface area contributed by atoms with Gasteiger partial charge in [-0.25, -0.2) is 4.98 Å². The minimum atomic E-state index is 0.839. The topological polar surface area (TPSA) is 24.9 Å². The SMILES string of the molecule is CCc1ncc(CNc2cccc3ccccc23)s1. The van der Waals surface area contributed by atoms with E-state index >= 15 is 0 Å². The Kier molecular flexibility index (Phi) is 3.47. The Hall–Kier alpha value is -1.87. The highest BCUT2D eigenvalue weighted by Gasteiger charge is 2.02. The molecule has 0 bridgehead atoms. The van der Waals surface area contributed by atoms with Gasteiger partial charge in [0.1, 0.15) is 0 Å². The van der Waals surface area contributed by atoms with Gasteiger partial charge in [-0.3, -0.25) is 0 Å². The summed E-state index contributed by atoms with van der Waals surface area (Å²) in [6.07, 6.45) is 2.99. The van der Waals surface area contributed by atoms with Gasteiger partial charge < -0.3 is 5.32 Å². The number of nitrogens with one attached hydrogen (secondary N) is 1. The third-order valence-corrected chi connectivity index (χ3v) is 4.29. The average Bonchev–Trinajstić information content (AvgIpc) is 2.93. The fourth-order valence-electron chi connectivity index (χ4n) is 2.16. The van der Waals surface area contributed by atoms with Crippen LogP contribution in [0.5, 0.6) is 0 Å². The van der Waals surface area contributed by atoms with Crippen LogP contribution in [-0.4, -0.2) is 4.98 Å². The first kappa shape index (κ1) is 12.2. The molecule has 0 aliphatic carbocycles. The van der Waals surface area contributed by atoms with Gasteiger partial charge >= 0.3 is 0 Å². The van der Waals surface area contributed by atoms with E-state index in [0.29, 0.717) is 0 Å². The maximum Gasteiger partial charge on any atom is 0.0925 e. The Balaban J connectivity index is 1.81. The number of hydrogen-bond donors (Lipinski definition) is 1. The van der Waals surface area contributed by atoms with Crippen LogP contribution in [0.4, 0.5) is 5.69 Å². The van der Waals surface area contributed by atoms with Crippen LogP contribution in [0.25, 0.3) is 10.8 Å². The summed E-state index contributed by atoms with van der Waals surface area (Å²) in [5, 5.41) is 7.25. The molecule has 0 radical (unpaired) electrons. The molecule has 0 atom stereocenters. The number of benzene rings is 2. The van der Waals surface area contributed by atoms with Gasteiger partial charge in [0.15, 0.2) is 0 Å². The van der Waals surface area contributed by atoms with Gasteiger partial charge in [0.05, 0.1) is 11.6 Å². The zero-order valence-corrected chi connectivity index (χ0v) is 11.7. The van der Waals surface area contributed by atoms with Gasteiger partial charge in [-0.2, -0.15) is 0 Å². The van der Waals surface area contributed by atoms with Crippen LogP contribution >= 0.6 is 11.3 Å². The Bertz CT molecular complexity index is 683. The zero-order valence-electron chi connectivity index (χ0n) is 10.9. The van der Waals surface area contributed by atoms with Crippen LogP contribution in [0.3, 0.4) is 0 Å². The van der Waals surface area contributed by atoms with E-state index in [1.165, 1.54) is 26.3 Å². The maximum absolute atomic E-state index is 4.39. The van der Waals surface area contributed by atoms with Gasteiger partial charge in [-0.05, 0) is 17.9 Å². The van der Waals surface area contributed by atoms with E-state index in [9.17, 15) is 0 Å². The molecule has 0 saturated heterocycles. The number of rotatable bonds is 4. The lowest BCUT2D eigenvalue weighted by Crippen LogP contribution is -1.97. The fraction of sp³-hybridized carbons (Fsp3) is 0.188. The third kappa shape index (κ3) is 2.61. The summed E-state index contributed by atoms with van der Waals surface area (Å²) in [5.41, 5.74) is 1.18. The van der Waals surface area contributed by atoms with Crippen LogP contribution in [-0.2, 0) is 13.0 Å². The predicted molar refractivity (Wildman–Crippen MR) is 82.8 cm³/mol. The van der Waals surface area contributed by atoms with E-state index in [0.717, 1.165) is 13.0 Å². The van der Waals surface area contributed by atoms with E-state index in [4.69, 9.17) is 0 Å². The number of anilines is 1. The fourth-order valence-corrected chi connectivity index (χ4v) is 2.96. The second kappa shape index (κ2) is 5.41. The summed E-state index contributed by atoms with van der Waals surface area (Å²) in [4.78, 5) is 5.67. The van der Waals surface area contributed by atoms with Crippen molar-refractivity contribution in [1.82, 2.24) is 4.98 Å². The first-order valence-electron chi connectivity index (χ1n) is 6.52. The highest BCUT2D eigenvalue weighted by Crippen LogP contribution is 2.24. The molecule has 0 aliphatic rings. The van der Waals surface area contributed by atoms with Crippen LogP contribution in [0.1, 0.15) is 16.8 Å². The van der Waals surface area contributed by atoms with Crippen molar-refractivity contribution < 1.29 is 0 Å². The van der Waals surface area contributed by atoms with Crippen molar-refractivity contribution in [2.24, 2.45) is 0 Å². The first-order chi connectivity index (χ1) is 9.36. The van der Waals surface area contributed by atoms with Crippen molar-refractivity contribution in [3.05, 3.63) is 58.5 Å². The number of hydrogen-bond acceptors (Lipinski definition) is 3. The Labute approximate surface area is 117 Å². The standard InChI is InChI=1S/C16H16N2S/c1-2-16-18-11-13(19-16)10-17-15-9-5-7-12-6-3-4-8-14(12)15/h3-9,11,17H,2,10H2,1H3. The van der Waals surface area contributed by atoms with Gasteiger partial charge in [-0.1, -0.05) is 43.3 Å². The molecule has 3 aromatic rings. The summed E-state index contributed by atoms with van der Waals surface area (Å²) < 4.78 is 0. The number of aromatic nitrogens is 1. The van der Waals surface area contributed by atoms with Crippen LogP contribution in [0, 0.1) is 0 Å². The van der Waals surface area contributed by atoms with E-state index < -0.39 is 0 Å². The van der Waals surface area contributed by atoms with Crippen molar-refractivity contribution in [1.29, 1.82) is 0 Å². The molecular formula is C16H16N2S. The lowest BCUT2D eigenvalue weighted by atomic mass is 10.1. The predicted octanol–water partition coefficient (Wildman–Crippen LogP) is 4.47. The molecule has 2 nitrogen and oxygen atoms in total. The van der Waals surface area contributed by atoms with E-state index in [2.05, 4.69) is 59.7 Å². The molecule has 0 amide bonds. The van der Waals surface area contributed by atoms with Crippen molar-refractivity contribution >= 4 is 27.8 Å². The smallest absolute Gasteiger partial charge is 0.0925 e. The molecule has 0 fully saturated rings. The molecule has 0 unspecified atom stereocenters. The number of nitrogens with zero attached hydrogens (tertiary/aromatic N) is 1. The van der Waals surface area contributed by atoms with Crippen LogP contribution in [0.15, 0.2) is 48.7 Å². The molecule has 1 heterocycles. The quantitative estimate of drug-likeness (QED) is 0.755. The third-order valence-electron chi connectivity index (χ3n) is 3.15. The van der Waals surface area contributed by atoms with Crippen LogP contribution in [0.2, 0.25) is 0 Å². The van der Waals surface area contributed by atoms with Crippen molar-refractivity contribution in [2.75, 3.05) is 5.32 Å². The second-order valence-corrected chi connectivity index (χ2v) is 5.65. The van der Waals surface area contributed by atoms with Gasteiger partial charge in [0.2, 0.25) is 0 Å². The normalized spacial score (nSPS) is 10.8. The largest absolute Gasteiger partial charge is 0.380 e. The number of aryl methyl sites for hydroxylation is 1. The molecule has 96 valence electrons. The van der Waals surface area contributed by atoms with E-state index in [1.54, 1.807) is 11.3 Å². The maximum atomic E-state index is 4.39. The van der Waals surface area contributed by atoms with Crippen molar-refractivity contribution in [2.45, 2.75) is 19.9 Å². The second-order valence-electron chi connectivity index (χ2n) is 4.45. The van der Waals surface area contributed by atoms with Gasteiger partial charge in [-0.15, -0.1) is 11.3 Å². The molecule has 1 N–H and O–H groups in total. The lowest BCUT2D eigenvalue weighted by molar-refractivity contribution is 1.09. The summed E-state index contributed by atoms with van der Waals surface area (Å²) in [5.74, 6) is 0. The molecule has 2 aromatic carbocycles. The van der Waals surface area contributed by atoms with Crippen molar-refractivity contribution in [3.8, 4) is 0 Å². The molecule has 0 aliphatic heterocycles. The summed E-state index contributed by atoms with van der Waals surface area (Å²) in [6, 6.07) is 14.8. The lowest BCUT2D eigenvalue weighted by Gasteiger charge is -2.08. The van der Waals surface area contributed by atoms with Crippen LogP contribution < -0.4 is 5.32 Å². The number of thiazole rings is 1. The highest BCUT2D eigenvalue weighted by atomic mass is 32.1. The molecule has 0 spiro atoms. The minimum absolute atomic E-state index is 0.839. The highest BCUT2D eigenvalue weighted by molar-refractivity contribution is 7.11. The molecule has 1 aromatic heterocycles. The molecule has 0 saturated carbocycles. The molecule has 19 heavy (non-hydrogen) atoms. The molecule has 3 rings (SSSR count). The first-order valence-corrected chi connectivity index (χ1v) is 7.33. The average molecular weight is 268 g/mol. The molecule has 3 heteroatoms. The zero-order chi connectivity index (χ0) is 13.1. The van der Waals surface area contributed by atoms with Crippen molar-refractivity contribution in [3.63, 3.8) is 0 Å². The van der Waals surface area contributed by atoms with E-state index in [1.807, 2.05) is 6.20 Å². The Morgan fingerprint density at radius 1 is 1.11 bits per heavy atom. The number of fused-ring (bicyclic) bond motifs is 1.